The summed E-state index contributed by atoms with van der Waals surface area (Å²) in [5.74, 6) is -0.797. The molecule has 104 valence electrons. The van der Waals surface area contributed by atoms with Crippen molar-refractivity contribution >= 4 is 12.0 Å². The van der Waals surface area contributed by atoms with Crippen LogP contribution in [0.4, 0.5) is 4.79 Å². The smallest absolute Gasteiger partial charge is 0.326 e. The molecule has 1 heterocycles. The predicted molar refractivity (Wildman–Crippen MR) is 66.4 cm³/mol. The molecule has 6 nitrogen and oxygen atoms in total. The molecule has 3 atom stereocenters. The normalized spacial score (nSPS) is 24.9. The summed E-state index contributed by atoms with van der Waals surface area (Å²) >= 11 is 0. The molecule has 0 aromatic rings. The van der Waals surface area contributed by atoms with E-state index in [1.807, 2.05) is 20.8 Å². The number of carboxylic acids is 1. The van der Waals surface area contributed by atoms with Gasteiger partial charge in [-0.1, -0.05) is 13.8 Å². The zero-order chi connectivity index (χ0) is 13.7. The minimum Gasteiger partial charge on any atom is -0.480 e. The van der Waals surface area contributed by atoms with Gasteiger partial charge in [-0.25, -0.2) is 9.59 Å². The second-order valence-electron chi connectivity index (χ2n) is 5.11. The Bertz CT molecular complexity index is 306. The van der Waals surface area contributed by atoms with Crippen molar-refractivity contribution in [2.45, 2.75) is 51.8 Å². The van der Waals surface area contributed by atoms with Crippen molar-refractivity contribution < 1.29 is 19.4 Å². The van der Waals surface area contributed by atoms with Crippen LogP contribution in [0.3, 0.4) is 0 Å². The molecule has 6 heteroatoms. The van der Waals surface area contributed by atoms with Gasteiger partial charge in [0.05, 0.1) is 12.1 Å². The first-order valence-corrected chi connectivity index (χ1v) is 6.31. The van der Waals surface area contributed by atoms with Gasteiger partial charge in [0, 0.05) is 6.61 Å². The Morgan fingerprint density at radius 3 is 2.56 bits per heavy atom. The Labute approximate surface area is 107 Å². The van der Waals surface area contributed by atoms with Crippen LogP contribution in [0, 0.1) is 5.92 Å². The largest absolute Gasteiger partial charge is 0.480 e. The minimum absolute atomic E-state index is 0.0240. The van der Waals surface area contributed by atoms with Gasteiger partial charge in [0.15, 0.2) is 0 Å². The number of aliphatic carboxylic acids is 1. The fourth-order valence-electron chi connectivity index (χ4n) is 1.98. The van der Waals surface area contributed by atoms with Crippen molar-refractivity contribution in [2.75, 3.05) is 6.61 Å². The highest BCUT2D eigenvalue weighted by molar-refractivity contribution is 5.82. The molecule has 0 aromatic heterocycles. The predicted octanol–water partition coefficient (Wildman–Crippen LogP) is 0.962. The third-order valence-corrected chi connectivity index (χ3v) is 3.00. The number of amides is 2. The van der Waals surface area contributed by atoms with Crippen LogP contribution in [0.5, 0.6) is 0 Å². The van der Waals surface area contributed by atoms with E-state index in [1.54, 1.807) is 0 Å². The van der Waals surface area contributed by atoms with Crippen molar-refractivity contribution in [1.82, 2.24) is 10.6 Å². The second kappa shape index (κ2) is 6.58. The summed E-state index contributed by atoms with van der Waals surface area (Å²) in [6, 6.07) is -1.33. The summed E-state index contributed by atoms with van der Waals surface area (Å²) < 4.78 is 5.32. The van der Waals surface area contributed by atoms with E-state index in [4.69, 9.17) is 9.84 Å². The van der Waals surface area contributed by atoms with E-state index in [1.165, 1.54) is 0 Å². The first-order chi connectivity index (χ1) is 8.40. The average Bonchev–Trinajstić information content (AvgIpc) is 2.62. The molecule has 1 aliphatic heterocycles. The van der Waals surface area contributed by atoms with Crippen LogP contribution in [0.15, 0.2) is 0 Å². The molecule has 1 fully saturated rings. The van der Waals surface area contributed by atoms with Gasteiger partial charge < -0.3 is 20.5 Å². The summed E-state index contributed by atoms with van der Waals surface area (Å²) in [4.78, 5) is 22.7. The molecule has 0 radical (unpaired) electrons. The summed E-state index contributed by atoms with van der Waals surface area (Å²) in [6.45, 7) is 6.35. The molecular weight excluding hydrogens is 236 g/mol. The maximum atomic E-state index is 11.7. The molecule has 1 saturated heterocycles. The van der Waals surface area contributed by atoms with Crippen LogP contribution >= 0.6 is 0 Å². The topological polar surface area (TPSA) is 87.7 Å². The van der Waals surface area contributed by atoms with Crippen LogP contribution in [-0.2, 0) is 9.53 Å². The van der Waals surface area contributed by atoms with Gasteiger partial charge in [-0.15, -0.1) is 0 Å². The molecule has 0 aliphatic carbocycles. The molecule has 2 amide bonds. The lowest BCUT2D eigenvalue weighted by Gasteiger charge is -2.20. The molecule has 2 unspecified atom stereocenters. The Hall–Kier alpha value is -1.30. The number of nitrogens with one attached hydrogen (secondary N) is 2. The van der Waals surface area contributed by atoms with E-state index in [-0.39, 0.29) is 18.1 Å². The Morgan fingerprint density at radius 1 is 1.44 bits per heavy atom. The maximum absolute atomic E-state index is 11.7. The SMILES string of the molecule is CC(C)C[C@@H](NC(=O)NC1CCOC1C)C(=O)O. The number of ether oxygens (including phenoxy) is 1. The Morgan fingerprint density at radius 2 is 2.11 bits per heavy atom. The molecule has 1 rings (SSSR count). The van der Waals surface area contributed by atoms with Gasteiger partial charge in [-0.2, -0.15) is 0 Å². The van der Waals surface area contributed by atoms with Crippen LogP contribution in [0.25, 0.3) is 0 Å². The zero-order valence-electron chi connectivity index (χ0n) is 11.1. The van der Waals surface area contributed by atoms with Crippen LogP contribution < -0.4 is 10.6 Å². The monoisotopic (exact) mass is 258 g/mol. The minimum atomic E-state index is -1.01. The number of rotatable bonds is 5. The summed E-state index contributed by atoms with van der Waals surface area (Å²) in [5, 5.41) is 14.3. The highest BCUT2D eigenvalue weighted by atomic mass is 16.5. The van der Waals surface area contributed by atoms with Gasteiger partial charge in [0.25, 0.3) is 0 Å². The van der Waals surface area contributed by atoms with Crippen molar-refractivity contribution in [1.29, 1.82) is 0 Å². The van der Waals surface area contributed by atoms with Gasteiger partial charge in [-0.3, -0.25) is 0 Å². The summed E-state index contributed by atoms with van der Waals surface area (Å²) in [6.07, 6.45) is 1.15. The second-order valence-corrected chi connectivity index (χ2v) is 5.11. The number of hydrogen-bond donors (Lipinski definition) is 3. The fourth-order valence-corrected chi connectivity index (χ4v) is 1.98. The van der Waals surface area contributed by atoms with Crippen molar-refractivity contribution in [2.24, 2.45) is 5.92 Å². The molecular formula is C12H22N2O4. The van der Waals surface area contributed by atoms with Crippen LogP contribution in [-0.4, -0.2) is 41.9 Å². The van der Waals surface area contributed by atoms with Crippen molar-refractivity contribution in [3.05, 3.63) is 0 Å². The lowest BCUT2D eigenvalue weighted by atomic mass is 10.0. The Balaban J connectivity index is 2.43. The molecule has 3 N–H and O–H groups in total. The van der Waals surface area contributed by atoms with Crippen molar-refractivity contribution in [3.63, 3.8) is 0 Å². The van der Waals surface area contributed by atoms with Gasteiger partial charge >= 0.3 is 12.0 Å². The summed E-state index contributed by atoms with van der Waals surface area (Å²) in [7, 11) is 0. The molecule has 0 spiro atoms. The number of carbonyl (C=O) groups is 2. The summed E-state index contributed by atoms with van der Waals surface area (Å²) in [5.41, 5.74) is 0. The lowest BCUT2D eigenvalue weighted by Crippen LogP contribution is -2.50. The Kier molecular flexibility index (Phi) is 5.40. The van der Waals surface area contributed by atoms with Gasteiger partial charge in [0.1, 0.15) is 6.04 Å². The number of hydrogen-bond acceptors (Lipinski definition) is 3. The van der Waals surface area contributed by atoms with E-state index >= 15 is 0 Å². The number of urea groups is 1. The average molecular weight is 258 g/mol. The van der Waals surface area contributed by atoms with E-state index in [9.17, 15) is 9.59 Å². The first kappa shape index (κ1) is 14.8. The molecule has 0 bridgehead atoms. The maximum Gasteiger partial charge on any atom is 0.326 e. The van der Waals surface area contributed by atoms with E-state index in [2.05, 4.69) is 10.6 Å². The highest BCUT2D eigenvalue weighted by Gasteiger charge is 2.27. The zero-order valence-corrected chi connectivity index (χ0v) is 11.1. The third-order valence-electron chi connectivity index (χ3n) is 3.00. The molecule has 1 aliphatic rings. The first-order valence-electron chi connectivity index (χ1n) is 6.31. The highest BCUT2D eigenvalue weighted by Crippen LogP contribution is 2.12. The van der Waals surface area contributed by atoms with E-state index < -0.39 is 18.0 Å². The van der Waals surface area contributed by atoms with E-state index in [0.717, 1.165) is 6.42 Å². The fraction of sp³-hybridized carbons (Fsp3) is 0.833. The number of carboxylic acid groups (broad SMARTS) is 1. The van der Waals surface area contributed by atoms with Gasteiger partial charge in [-0.05, 0) is 25.7 Å². The molecule has 0 aromatic carbocycles. The third kappa shape index (κ3) is 4.52. The molecule has 18 heavy (non-hydrogen) atoms. The quantitative estimate of drug-likeness (QED) is 0.685. The number of carbonyl (C=O) groups excluding carboxylic acids is 1. The van der Waals surface area contributed by atoms with Gasteiger partial charge in [0.2, 0.25) is 0 Å². The lowest BCUT2D eigenvalue weighted by molar-refractivity contribution is -0.139. The standard InChI is InChI=1S/C12H22N2O4/c1-7(2)6-10(11(15)16)14-12(17)13-9-4-5-18-8(9)3/h7-10H,4-6H2,1-3H3,(H,15,16)(H2,13,14,17)/t8?,9?,10-/m1/s1. The van der Waals surface area contributed by atoms with Crippen LogP contribution in [0.2, 0.25) is 0 Å². The van der Waals surface area contributed by atoms with E-state index in [0.29, 0.717) is 13.0 Å². The van der Waals surface area contributed by atoms with Crippen LogP contribution in [0.1, 0.15) is 33.6 Å². The van der Waals surface area contributed by atoms with Crippen molar-refractivity contribution in [3.8, 4) is 0 Å². The molecule has 0 saturated carbocycles.